The molecule has 5 nitrogen and oxygen atoms in total. The summed E-state index contributed by atoms with van der Waals surface area (Å²) in [5.74, 6) is -0.138. The van der Waals surface area contributed by atoms with Gasteiger partial charge in [0.1, 0.15) is 6.04 Å². The van der Waals surface area contributed by atoms with E-state index in [-0.39, 0.29) is 17.9 Å². The van der Waals surface area contributed by atoms with Gasteiger partial charge in [0.2, 0.25) is 11.8 Å². The number of para-hydroxylation sites is 1. The van der Waals surface area contributed by atoms with Crippen molar-refractivity contribution in [2.45, 2.75) is 38.3 Å². The van der Waals surface area contributed by atoms with Crippen molar-refractivity contribution < 1.29 is 9.59 Å². The monoisotopic (exact) mass is 275 g/mol. The summed E-state index contributed by atoms with van der Waals surface area (Å²) in [6.45, 7) is 2.48. The average Bonchev–Trinajstić information content (AvgIpc) is 2.72. The van der Waals surface area contributed by atoms with Gasteiger partial charge in [0.15, 0.2) is 0 Å². The van der Waals surface area contributed by atoms with Crippen LogP contribution < -0.4 is 16.0 Å². The molecule has 1 saturated heterocycles. The van der Waals surface area contributed by atoms with E-state index in [9.17, 15) is 9.59 Å². The van der Waals surface area contributed by atoms with Crippen molar-refractivity contribution in [1.29, 1.82) is 0 Å². The second kappa shape index (κ2) is 6.52. The molecule has 1 aromatic rings. The predicted molar refractivity (Wildman–Crippen MR) is 78.2 cm³/mol. The fourth-order valence-electron chi connectivity index (χ4n) is 2.55. The Bertz CT molecular complexity index is 475. The molecular formula is C15H21N3O2. The van der Waals surface area contributed by atoms with Crippen molar-refractivity contribution in [1.82, 2.24) is 5.32 Å². The minimum absolute atomic E-state index is 0.0372. The molecule has 20 heavy (non-hydrogen) atoms. The molecule has 1 heterocycles. The molecular weight excluding hydrogens is 254 g/mol. The number of carbonyl (C=O) groups excluding carboxylic acids is 2. The van der Waals surface area contributed by atoms with Crippen LogP contribution >= 0.6 is 0 Å². The molecule has 2 amide bonds. The van der Waals surface area contributed by atoms with E-state index in [1.54, 1.807) is 4.90 Å². The lowest BCUT2D eigenvalue weighted by atomic mass is 10.2. The van der Waals surface area contributed by atoms with Crippen LogP contribution in [-0.4, -0.2) is 30.4 Å². The van der Waals surface area contributed by atoms with Crippen LogP contribution in [-0.2, 0) is 9.59 Å². The maximum atomic E-state index is 12.4. The molecule has 1 aromatic carbocycles. The molecule has 5 heteroatoms. The van der Waals surface area contributed by atoms with Gasteiger partial charge in [-0.05, 0) is 38.4 Å². The third kappa shape index (κ3) is 3.17. The van der Waals surface area contributed by atoms with E-state index >= 15 is 0 Å². The van der Waals surface area contributed by atoms with Gasteiger partial charge in [-0.15, -0.1) is 0 Å². The standard InChI is InChI=1S/C15H21N3O2/c1-11-10-13(17-14(19)8-5-9-16)15(20)18(11)12-6-3-2-4-7-12/h2-4,6-7,11,13H,5,8-10,16H2,1H3,(H,17,19). The first-order chi connectivity index (χ1) is 9.63. The number of amides is 2. The summed E-state index contributed by atoms with van der Waals surface area (Å²) >= 11 is 0. The highest BCUT2D eigenvalue weighted by Crippen LogP contribution is 2.26. The lowest BCUT2D eigenvalue weighted by Crippen LogP contribution is -2.42. The van der Waals surface area contributed by atoms with Gasteiger partial charge in [0, 0.05) is 18.2 Å². The molecule has 3 N–H and O–H groups in total. The molecule has 108 valence electrons. The number of rotatable bonds is 5. The number of nitrogens with zero attached hydrogens (tertiary/aromatic N) is 1. The van der Waals surface area contributed by atoms with Crippen molar-refractivity contribution in [3.05, 3.63) is 30.3 Å². The van der Waals surface area contributed by atoms with Gasteiger partial charge < -0.3 is 16.0 Å². The van der Waals surface area contributed by atoms with E-state index in [2.05, 4.69) is 5.32 Å². The largest absolute Gasteiger partial charge is 0.344 e. The number of nitrogens with two attached hydrogens (primary N) is 1. The number of hydrogen-bond acceptors (Lipinski definition) is 3. The van der Waals surface area contributed by atoms with Crippen molar-refractivity contribution in [3.8, 4) is 0 Å². The first-order valence-corrected chi connectivity index (χ1v) is 7.01. The van der Waals surface area contributed by atoms with Crippen LogP contribution in [0.1, 0.15) is 26.2 Å². The second-order valence-electron chi connectivity index (χ2n) is 5.14. The Morgan fingerprint density at radius 3 is 2.75 bits per heavy atom. The van der Waals surface area contributed by atoms with Crippen LogP contribution in [0.3, 0.4) is 0 Å². The molecule has 1 aliphatic rings. The van der Waals surface area contributed by atoms with Crippen molar-refractivity contribution >= 4 is 17.5 Å². The molecule has 2 atom stereocenters. The van der Waals surface area contributed by atoms with Crippen molar-refractivity contribution in [2.24, 2.45) is 5.73 Å². The zero-order valence-electron chi connectivity index (χ0n) is 11.7. The summed E-state index contributed by atoms with van der Waals surface area (Å²) in [5.41, 5.74) is 6.26. The first-order valence-electron chi connectivity index (χ1n) is 7.01. The van der Waals surface area contributed by atoms with Crippen LogP contribution in [0.5, 0.6) is 0 Å². The second-order valence-corrected chi connectivity index (χ2v) is 5.14. The van der Waals surface area contributed by atoms with E-state index in [1.807, 2.05) is 37.3 Å². The molecule has 1 fully saturated rings. The molecule has 0 bridgehead atoms. The molecule has 0 aromatic heterocycles. The maximum Gasteiger partial charge on any atom is 0.249 e. The lowest BCUT2D eigenvalue weighted by Gasteiger charge is -2.21. The van der Waals surface area contributed by atoms with E-state index in [0.717, 1.165) is 5.69 Å². The third-order valence-electron chi connectivity index (χ3n) is 3.53. The predicted octanol–water partition coefficient (Wildman–Crippen LogP) is 1.04. The van der Waals surface area contributed by atoms with Gasteiger partial charge in [0.25, 0.3) is 0 Å². The highest BCUT2D eigenvalue weighted by atomic mass is 16.2. The first kappa shape index (κ1) is 14.5. The zero-order chi connectivity index (χ0) is 14.5. The van der Waals surface area contributed by atoms with Crippen LogP contribution in [0.25, 0.3) is 0 Å². The Hall–Kier alpha value is -1.88. The number of nitrogens with one attached hydrogen (secondary N) is 1. The fraction of sp³-hybridized carbons (Fsp3) is 0.467. The highest BCUT2D eigenvalue weighted by Gasteiger charge is 2.38. The summed E-state index contributed by atoms with van der Waals surface area (Å²) in [6, 6.07) is 9.21. The summed E-state index contributed by atoms with van der Waals surface area (Å²) < 4.78 is 0. The van der Waals surface area contributed by atoms with Gasteiger partial charge in [-0.2, -0.15) is 0 Å². The van der Waals surface area contributed by atoms with Crippen LogP contribution in [0.15, 0.2) is 30.3 Å². The Labute approximate surface area is 119 Å². The Morgan fingerprint density at radius 1 is 1.40 bits per heavy atom. The minimum atomic E-state index is -0.421. The average molecular weight is 275 g/mol. The Morgan fingerprint density at radius 2 is 2.10 bits per heavy atom. The van der Waals surface area contributed by atoms with Crippen LogP contribution in [0.4, 0.5) is 5.69 Å². The SMILES string of the molecule is CC1CC(NC(=O)CCCN)C(=O)N1c1ccccc1. The smallest absolute Gasteiger partial charge is 0.249 e. The molecule has 0 spiro atoms. The van der Waals surface area contributed by atoms with Gasteiger partial charge >= 0.3 is 0 Å². The van der Waals surface area contributed by atoms with E-state index in [1.165, 1.54) is 0 Å². The van der Waals surface area contributed by atoms with Crippen LogP contribution in [0.2, 0.25) is 0 Å². The molecule has 1 aliphatic heterocycles. The molecule has 2 unspecified atom stereocenters. The molecule has 0 saturated carbocycles. The summed E-state index contributed by atoms with van der Waals surface area (Å²) in [7, 11) is 0. The lowest BCUT2D eigenvalue weighted by molar-refractivity contribution is -0.126. The van der Waals surface area contributed by atoms with Crippen molar-refractivity contribution in [3.63, 3.8) is 0 Å². The quantitative estimate of drug-likeness (QED) is 0.843. The van der Waals surface area contributed by atoms with Gasteiger partial charge in [-0.3, -0.25) is 9.59 Å². The number of anilines is 1. The van der Waals surface area contributed by atoms with Gasteiger partial charge in [0.05, 0.1) is 0 Å². The van der Waals surface area contributed by atoms with Crippen molar-refractivity contribution in [2.75, 3.05) is 11.4 Å². The normalized spacial score (nSPS) is 22.1. The number of benzene rings is 1. The summed E-state index contributed by atoms with van der Waals surface area (Å²) in [6.07, 6.45) is 1.66. The topological polar surface area (TPSA) is 75.4 Å². The van der Waals surface area contributed by atoms with Gasteiger partial charge in [-0.1, -0.05) is 18.2 Å². The molecule has 2 rings (SSSR count). The zero-order valence-corrected chi connectivity index (χ0v) is 11.7. The van der Waals surface area contributed by atoms with Crippen LogP contribution in [0, 0.1) is 0 Å². The molecule has 0 radical (unpaired) electrons. The van der Waals surface area contributed by atoms with E-state index in [4.69, 9.17) is 5.73 Å². The fourth-order valence-corrected chi connectivity index (χ4v) is 2.55. The Balaban J connectivity index is 2.02. The maximum absolute atomic E-state index is 12.4. The molecule has 0 aliphatic carbocycles. The Kier molecular flexibility index (Phi) is 4.74. The minimum Gasteiger partial charge on any atom is -0.344 e. The van der Waals surface area contributed by atoms with E-state index in [0.29, 0.717) is 25.8 Å². The number of carbonyl (C=O) groups is 2. The summed E-state index contributed by atoms with van der Waals surface area (Å²) in [4.78, 5) is 25.9. The third-order valence-corrected chi connectivity index (χ3v) is 3.53. The number of hydrogen-bond donors (Lipinski definition) is 2. The van der Waals surface area contributed by atoms with E-state index < -0.39 is 6.04 Å². The highest BCUT2D eigenvalue weighted by molar-refractivity contribution is 6.01. The van der Waals surface area contributed by atoms with Gasteiger partial charge in [-0.25, -0.2) is 0 Å². The summed E-state index contributed by atoms with van der Waals surface area (Å²) in [5, 5.41) is 2.81.